The molecule has 0 aliphatic carbocycles. The summed E-state index contributed by atoms with van der Waals surface area (Å²) in [6.07, 6.45) is 6.75. The Hall–Kier alpha value is -4.50. The van der Waals surface area contributed by atoms with Crippen molar-refractivity contribution in [2.24, 2.45) is 0 Å². The molecule has 5 rings (SSSR count). The highest BCUT2D eigenvalue weighted by Crippen LogP contribution is 2.30. The van der Waals surface area contributed by atoms with E-state index >= 15 is 0 Å². The topological polar surface area (TPSA) is 47.3 Å². The van der Waals surface area contributed by atoms with Crippen LogP contribution in [0.1, 0.15) is 31.8 Å². The number of ketones is 2. The first-order chi connectivity index (χ1) is 16.2. The van der Waals surface area contributed by atoms with Crippen LogP contribution in [0.2, 0.25) is 0 Å². The molecule has 0 aliphatic rings. The molecule has 0 spiro atoms. The van der Waals surface area contributed by atoms with Crippen LogP contribution in [0, 0.1) is 0 Å². The first-order valence-electron chi connectivity index (χ1n) is 10.7. The van der Waals surface area contributed by atoms with Gasteiger partial charge in [0.05, 0.1) is 0 Å². The molecule has 3 heteroatoms. The maximum Gasteiger partial charge on any atom is 0.185 e. The number of hydrogen-bond acceptors (Lipinski definition) is 3. The summed E-state index contributed by atoms with van der Waals surface area (Å²) >= 11 is 0. The average molecular weight is 428 g/mol. The van der Waals surface area contributed by atoms with E-state index in [1.165, 1.54) is 0 Å². The normalized spacial score (nSPS) is 11.6. The monoisotopic (exact) mass is 428 g/mol. The highest BCUT2D eigenvalue weighted by Gasteiger charge is 2.12. The van der Waals surface area contributed by atoms with Gasteiger partial charge in [0, 0.05) is 21.9 Å². The lowest BCUT2D eigenvalue weighted by atomic mass is 10.0. The van der Waals surface area contributed by atoms with Gasteiger partial charge in [-0.05, 0) is 59.7 Å². The van der Waals surface area contributed by atoms with Crippen LogP contribution in [-0.4, -0.2) is 11.6 Å². The van der Waals surface area contributed by atoms with E-state index in [2.05, 4.69) is 0 Å². The number of benzene rings is 4. The van der Waals surface area contributed by atoms with Crippen LogP contribution in [-0.2, 0) is 0 Å². The van der Waals surface area contributed by atoms with Gasteiger partial charge in [0.15, 0.2) is 11.6 Å². The summed E-state index contributed by atoms with van der Waals surface area (Å²) in [7, 11) is 0. The Labute approximate surface area is 191 Å². The fourth-order valence-electron chi connectivity index (χ4n) is 3.75. The second-order valence-corrected chi connectivity index (χ2v) is 7.74. The number of rotatable bonds is 6. The maximum absolute atomic E-state index is 12.7. The third-order valence-corrected chi connectivity index (χ3v) is 5.49. The lowest BCUT2D eigenvalue weighted by molar-refractivity contribution is 0.104. The van der Waals surface area contributed by atoms with E-state index in [0.717, 1.165) is 21.9 Å². The predicted octanol–water partition coefficient (Wildman–Crippen LogP) is 7.38. The molecule has 158 valence electrons. The summed E-state index contributed by atoms with van der Waals surface area (Å²) in [6.45, 7) is 0. The Balaban J connectivity index is 1.46. The molecule has 5 aromatic rings. The molecular formula is C30H20O3. The highest BCUT2D eigenvalue weighted by atomic mass is 16.3. The molecule has 0 saturated carbocycles. The summed E-state index contributed by atoms with van der Waals surface area (Å²) in [6, 6.07) is 30.2. The molecule has 0 aliphatic heterocycles. The molecule has 1 heterocycles. The maximum atomic E-state index is 12.7. The predicted molar refractivity (Wildman–Crippen MR) is 133 cm³/mol. The quantitative estimate of drug-likeness (QED) is 0.209. The third kappa shape index (κ3) is 4.43. The van der Waals surface area contributed by atoms with Crippen molar-refractivity contribution < 1.29 is 14.0 Å². The van der Waals surface area contributed by atoms with Gasteiger partial charge in [-0.15, -0.1) is 0 Å². The first-order valence-corrected chi connectivity index (χ1v) is 10.7. The van der Waals surface area contributed by atoms with Gasteiger partial charge in [-0.2, -0.15) is 0 Å². The fourth-order valence-corrected chi connectivity index (χ4v) is 3.75. The van der Waals surface area contributed by atoms with Crippen molar-refractivity contribution in [3.8, 4) is 0 Å². The van der Waals surface area contributed by atoms with Crippen molar-refractivity contribution in [3.05, 3.63) is 131 Å². The van der Waals surface area contributed by atoms with Gasteiger partial charge in [0.2, 0.25) is 0 Å². The SMILES string of the molecule is O=C(C=Cc1ccccc1)c1ccc2oc3ccc(C(=O)C=Cc4ccccc4)cc3c2c1. The van der Waals surface area contributed by atoms with Crippen LogP contribution >= 0.6 is 0 Å². The standard InChI is InChI=1S/C30H20O3/c31-27(15-11-21-7-3-1-4-8-21)23-13-17-29-25(19-23)26-20-24(14-18-30(26)33-29)28(32)16-12-22-9-5-2-6-10-22/h1-20H. The number of carbonyl (C=O) groups excluding carboxylic acids is 2. The molecule has 4 aromatic carbocycles. The van der Waals surface area contributed by atoms with Crippen LogP contribution in [0.5, 0.6) is 0 Å². The second-order valence-electron chi connectivity index (χ2n) is 7.74. The second kappa shape index (κ2) is 8.93. The summed E-state index contributed by atoms with van der Waals surface area (Å²) in [5, 5.41) is 1.62. The van der Waals surface area contributed by atoms with Gasteiger partial charge in [-0.3, -0.25) is 9.59 Å². The first kappa shape index (κ1) is 20.4. The molecule has 0 atom stereocenters. The van der Waals surface area contributed by atoms with Crippen molar-refractivity contribution in [3.63, 3.8) is 0 Å². The molecule has 33 heavy (non-hydrogen) atoms. The zero-order chi connectivity index (χ0) is 22.6. The van der Waals surface area contributed by atoms with E-state index in [1.54, 1.807) is 48.6 Å². The van der Waals surface area contributed by atoms with Crippen molar-refractivity contribution in [1.82, 2.24) is 0 Å². The minimum atomic E-state index is -0.0897. The van der Waals surface area contributed by atoms with E-state index in [1.807, 2.05) is 72.8 Å². The largest absolute Gasteiger partial charge is 0.456 e. The smallest absolute Gasteiger partial charge is 0.185 e. The van der Waals surface area contributed by atoms with E-state index in [-0.39, 0.29) is 11.6 Å². The van der Waals surface area contributed by atoms with E-state index < -0.39 is 0 Å². The van der Waals surface area contributed by atoms with Crippen LogP contribution in [0.4, 0.5) is 0 Å². The van der Waals surface area contributed by atoms with Crippen LogP contribution < -0.4 is 0 Å². The molecule has 3 nitrogen and oxygen atoms in total. The Morgan fingerprint density at radius 2 is 0.970 bits per heavy atom. The third-order valence-electron chi connectivity index (χ3n) is 5.49. The molecule has 0 bridgehead atoms. The van der Waals surface area contributed by atoms with Gasteiger partial charge in [-0.25, -0.2) is 0 Å². The minimum absolute atomic E-state index is 0.0897. The Kier molecular flexibility index (Phi) is 5.52. The van der Waals surface area contributed by atoms with Crippen LogP contribution in [0.25, 0.3) is 34.1 Å². The van der Waals surface area contributed by atoms with Gasteiger partial charge < -0.3 is 4.42 Å². The van der Waals surface area contributed by atoms with Crippen molar-refractivity contribution >= 4 is 45.7 Å². The van der Waals surface area contributed by atoms with Gasteiger partial charge in [0.1, 0.15) is 11.2 Å². The molecule has 1 aromatic heterocycles. The molecule has 0 radical (unpaired) electrons. The molecule has 0 N–H and O–H groups in total. The Morgan fingerprint density at radius 1 is 0.545 bits per heavy atom. The number of furan rings is 1. The van der Waals surface area contributed by atoms with Gasteiger partial charge in [0.25, 0.3) is 0 Å². The Morgan fingerprint density at radius 3 is 1.39 bits per heavy atom. The van der Waals surface area contributed by atoms with Crippen molar-refractivity contribution in [2.75, 3.05) is 0 Å². The fraction of sp³-hybridized carbons (Fsp3) is 0. The number of fused-ring (bicyclic) bond motifs is 3. The van der Waals surface area contributed by atoms with E-state index in [0.29, 0.717) is 22.3 Å². The molecular weight excluding hydrogens is 408 g/mol. The van der Waals surface area contributed by atoms with E-state index in [9.17, 15) is 9.59 Å². The molecule has 0 saturated heterocycles. The van der Waals surface area contributed by atoms with Crippen LogP contribution in [0.15, 0.2) is 114 Å². The minimum Gasteiger partial charge on any atom is -0.456 e. The van der Waals surface area contributed by atoms with Crippen molar-refractivity contribution in [1.29, 1.82) is 0 Å². The zero-order valence-electron chi connectivity index (χ0n) is 17.8. The lowest BCUT2D eigenvalue weighted by Crippen LogP contribution is -1.94. The molecule has 0 amide bonds. The molecule has 0 unspecified atom stereocenters. The summed E-state index contributed by atoms with van der Waals surface area (Å²) < 4.78 is 5.92. The number of hydrogen-bond donors (Lipinski definition) is 0. The zero-order valence-corrected chi connectivity index (χ0v) is 17.8. The number of allylic oxidation sites excluding steroid dienone is 2. The van der Waals surface area contributed by atoms with Crippen molar-refractivity contribution in [2.45, 2.75) is 0 Å². The summed E-state index contributed by atoms with van der Waals surface area (Å²) in [5.41, 5.74) is 4.42. The lowest BCUT2D eigenvalue weighted by Gasteiger charge is -1.98. The van der Waals surface area contributed by atoms with Crippen LogP contribution in [0.3, 0.4) is 0 Å². The van der Waals surface area contributed by atoms with Gasteiger partial charge in [-0.1, -0.05) is 72.8 Å². The van der Waals surface area contributed by atoms with Gasteiger partial charge >= 0.3 is 0 Å². The number of carbonyl (C=O) groups is 2. The molecule has 0 fully saturated rings. The van der Waals surface area contributed by atoms with E-state index in [4.69, 9.17) is 4.42 Å². The summed E-state index contributed by atoms with van der Waals surface area (Å²) in [4.78, 5) is 25.5. The highest BCUT2D eigenvalue weighted by molar-refractivity contribution is 6.14. The summed E-state index contributed by atoms with van der Waals surface area (Å²) in [5.74, 6) is -0.179. The Bertz CT molecular complexity index is 1410. The average Bonchev–Trinajstić information content (AvgIpc) is 3.24.